The molecule has 2 heterocycles. The molecule has 4 rings (SSSR count). The first-order valence-corrected chi connectivity index (χ1v) is 11.9. The lowest BCUT2D eigenvalue weighted by atomic mass is 10.1. The minimum atomic E-state index is -0.0592. The average Bonchev–Trinajstić information content (AvgIpc) is 3.40. The zero-order chi connectivity index (χ0) is 21.6. The van der Waals surface area contributed by atoms with E-state index in [1.54, 1.807) is 23.6 Å². The second kappa shape index (κ2) is 9.89. The summed E-state index contributed by atoms with van der Waals surface area (Å²) in [5.41, 5.74) is 2.96. The highest BCUT2D eigenvalue weighted by molar-refractivity contribution is 7.98. The van der Waals surface area contributed by atoms with Crippen LogP contribution in [0.15, 0.2) is 71.2 Å². The number of para-hydroxylation sites is 1. The van der Waals surface area contributed by atoms with Gasteiger partial charge in [-0.3, -0.25) is 9.69 Å². The molecule has 0 aliphatic carbocycles. The lowest BCUT2D eigenvalue weighted by molar-refractivity contribution is -0.115. The summed E-state index contributed by atoms with van der Waals surface area (Å²) in [6.07, 6.45) is 0.758. The van der Waals surface area contributed by atoms with E-state index in [4.69, 9.17) is 4.98 Å². The third-order valence-electron chi connectivity index (χ3n) is 4.72. The molecule has 158 valence electrons. The number of rotatable bonds is 8. The number of benzene rings is 2. The molecule has 2 aromatic heterocycles. The van der Waals surface area contributed by atoms with Gasteiger partial charge in [0.2, 0.25) is 5.91 Å². The fourth-order valence-corrected chi connectivity index (χ4v) is 5.17. The van der Waals surface area contributed by atoms with E-state index in [2.05, 4.69) is 33.8 Å². The third-order valence-corrected chi connectivity index (χ3v) is 6.60. The molecule has 0 saturated heterocycles. The van der Waals surface area contributed by atoms with Crippen LogP contribution in [0.4, 0.5) is 10.8 Å². The number of aromatic nitrogens is 4. The maximum absolute atomic E-state index is 12.2. The maximum atomic E-state index is 12.2. The molecule has 31 heavy (non-hydrogen) atoms. The first-order valence-electron chi connectivity index (χ1n) is 10.0. The van der Waals surface area contributed by atoms with Crippen molar-refractivity contribution >= 4 is 39.8 Å². The number of carbonyl (C=O) groups excluding carboxylic acids is 1. The second-order valence-electron chi connectivity index (χ2n) is 6.91. The summed E-state index contributed by atoms with van der Waals surface area (Å²) in [7, 11) is 0. The second-order valence-corrected chi connectivity index (χ2v) is 8.68. The number of thioether (sulfide) groups is 1. The van der Waals surface area contributed by atoms with Crippen molar-refractivity contribution in [3.05, 3.63) is 83.1 Å². The molecule has 8 heteroatoms. The van der Waals surface area contributed by atoms with Crippen LogP contribution in [0, 0.1) is 0 Å². The molecule has 0 fully saturated rings. The van der Waals surface area contributed by atoms with Gasteiger partial charge in [0.1, 0.15) is 5.82 Å². The molecule has 0 N–H and O–H groups in total. The van der Waals surface area contributed by atoms with Crippen molar-refractivity contribution in [1.29, 1.82) is 0 Å². The zero-order valence-corrected chi connectivity index (χ0v) is 19.1. The normalized spacial score (nSPS) is 10.9. The summed E-state index contributed by atoms with van der Waals surface area (Å²) in [6.45, 7) is 4.47. The molecule has 0 aliphatic heterocycles. The van der Waals surface area contributed by atoms with Crippen molar-refractivity contribution in [3.63, 3.8) is 0 Å². The number of carbonyl (C=O) groups is 1. The van der Waals surface area contributed by atoms with E-state index in [-0.39, 0.29) is 5.91 Å². The quantitative estimate of drug-likeness (QED) is 0.341. The van der Waals surface area contributed by atoms with Gasteiger partial charge in [0, 0.05) is 31.0 Å². The number of hydrogen-bond donors (Lipinski definition) is 0. The van der Waals surface area contributed by atoms with Crippen LogP contribution in [0.3, 0.4) is 0 Å². The minimum absolute atomic E-state index is 0.0592. The summed E-state index contributed by atoms with van der Waals surface area (Å²) < 4.78 is 2.15. The highest BCUT2D eigenvalue weighted by atomic mass is 32.2. The summed E-state index contributed by atoms with van der Waals surface area (Å²) >= 11 is 3.09. The number of hydrogen-bond acceptors (Lipinski definition) is 6. The summed E-state index contributed by atoms with van der Waals surface area (Å²) in [5.74, 6) is 1.57. The van der Waals surface area contributed by atoms with E-state index in [1.165, 1.54) is 16.9 Å². The van der Waals surface area contributed by atoms with Crippen molar-refractivity contribution in [3.8, 4) is 0 Å². The van der Waals surface area contributed by atoms with Gasteiger partial charge in [-0.1, -0.05) is 60.3 Å². The summed E-state index contributed by atoms with van der Waals surface area (Å²) in [5, 5.41) is 12.4. The van der Waals surface area contributed by atoms with Crippen LogP contribution in [0.25, 0.3) is 0 Å². The SMILES string of the molecule is CCn1c(Cc2ccccc2)nnc1SCc1csc(N(C(C)=O)c2ccccc2)n1. The van der Waals surface area contributed by atoms with E-state index in [1.807, 2.05) is 53.9 Å². The Morgan fingerprint density at radius 1 is 1.06 bits per heavy atom. The zero-order valence-electron chi connectivity index (χ0n) is 17.4. The highest BCUT2D eigenvalue weighted by Gasteiger charge is 2.18. The van der Waals surface area contributed by atoms with Crippen LogP contribution in [-0.2, 0) is 23.5 Å². The lowest BCUT2D eigenvalue weighted by Gasteiger charge is -2.17. The molecule has 1 amide bonds. The number of anilines is 2. The van der Waals surface area contributed by atoms with Gasteiger partial charge in [0.05, 0.1) is 11.4 Å². The average molecular weight is 450 g/mol. The Morgan fingerprint density at radius 3 is 2.45 bits per heavy atom. The lowest BCUT2D eigenvalue weighted by Crippen LogP contribution is -2.22. The molecule has 0 aliphatic rings. The predicted octanol–water partition coefficient (Wildman–Crippen LogP) is 5.32. The first kappa shape index (κ1) is 21.3. The fraction of sp³-hybridized carbons (Fsp3) is 0.217. The van der Waals surface area contributed by atoms with Crippen LogP contribution in [0.5, 0.6) is 0 Å². The van der Waals surface area contributed by atoms with Crippen LogP contribution >= 0.6 is 23.1 Å². The minimum Gasteiger partial charge on any atom is -0.306 e. The van der Waals surface area contributed by atoms with E-state index in [9.17, 15) is 4.79 Å². The maximum Gasteiger partial charge on any atom is 0.230 e. The van der Waals surface area contributed by atoms with Gasteiger partial charge in [-0.2, -0.15) is 0 Å². The van der Waals surface area contributed by atoms with Crippen molar-refractivity contribution in [2.75, 3.05) is 4.90 Å². The largest absolute Gasteiger partial charge is 0.306 e. The van der Waals surface area contributed by atoms with Crippen LogP contribution in [-0.4, -0.2) is 25.7 Å². The molecule has 2 aromatic carbocycles. The number of thiazole rings is 1. The van der Waals surface area contributed by atoms with Crippen LogP contribution in [0.1, 0.15) is 30.9 Å². The van der Waals surface area contributed by atoms with Crippen molar-refractivity contribution in [2.45, 2.75) is 37.7 Å². The van der Waals surface area contributed by atoms with E-state index in [0.29, 0.717) is 10.9 Å². The summed E-state index contributed by atoms with van der Waals surface area (Å²) in [4.78, 5) is 18.6. The molecule has 0 radical (unpaired) electrons. The van der Waals surface area contributed by atoms with Crippen LogP contribution < -0.4 is 4.90 Å². The predicted molar refractivity (Wildman–Crippen MR) is 126 cm³/mol. The van der Waals surface area contributed by atoms with Gasteiger partial charge in [0.15, 0.2) is 10.3 Å². The number of nitrogens with zero attached hydrogens (tertiary/aromatic N) is 5. The molecule has 0 bridgehead atoms. The Hall–Kier alpha value is -2.97. The van der Waals surface area contributed by atoms with Gasteiger partial charge in [-0.25, -0.2) is 4.98 Å². The van der Waals surface area contributed by atoms with Gasteiger partial charge in [-0.05, 0) is 24.6 Å². The molecule has 4 aromatic rings. The standard InChI is InChI=1S/C23H23N5OS2/c1-3-27-21(14-18-10-6-4-7-11-18)25-26-23(27)31-16-19-15-30-22(24-19)28(17(2)29)20-12-8-5-9-13-20/h4-13,15H,3,14,16H2,1-2H3. The number of amides is 1. The van der Waals surface area contributed by atoms with Gasteiger partial charge < -0.3 is 4.57 Å². The molecule has 6 nitrogen and oxygen atoms in total. The third kappa shape index (κ3) is 5.03. The van der Waals surface area contributed by atoms with Crippen LogP contribution in [0.2, 0.25) is 0 Å². The Morgan fingerprint density at radius 2 is 1.77 bits per heavy atom. The highest BCUT2D eigenvalue weighted by Crippen LogP contribution is 2.31. The molecule has 0 saturated carbocycles. The topological polar surface area (TPSA) is 63.9 Å². The smallest absolute Gasteiger partial charge is 0.230 e. The Kier molecular flexibility index (Phi) is 6.79. The first-order chi connectivity index (χ1) is 15.2. The van der Waals surface area contributed by atoms with E-state index < -0.39 is 0 Å². The molecule has 0 atom stereocenters. The summed E-state index contributed by atoms with van der Waals surface area (Å²) in [6, 6.07) is 19.9. The molecule has 0 unspecified atom stereocenters. The van der Waals surface area contributed by atoms with Crippen molar-refractivity contribution in [2.24, 2.45) is 0 Å². The Bertz CT molecular complexity index is 1140. The fourth-order valence-electron chi connectivity index (χ4n) is 3.26. The Balaban J connectivity index is 1.47. The van der Waals surface area contributed by atoms with Gasteiger partial charge in [-0.15, -0.1) is 21.5 Å². The molecular weight excluding hydrogens is 426 g/mol. The molecular formula is C23H23N5OS2. The van der Waals surface area contributed by atoms with E-state index in [0.717, 1.165) is 35.3 Å². The molecule has 0 spiro atoms. The van der Waals surface area contributed by atoms with Gasteiger partial charge >= 0.3 is 0 Å². The van der Waals surface area contributed by atoms with Crippen molar-refractivity contribution in [1.82, 2.24) is 19.7 Å². The van der Waals surface area contributed by atoms with E-state index >= 15 is 0 Å². The Labute approximate surface area is 190 Å². The monoisotopic (exact) mass is 449 g/mol. The van der Waals surface area contributed by atoms with Gasteiger partial charge in [0.25, 0.3) is 0 Å². The van der Waals surface area contributed by atoms with Crippen molar-refractivity contribution < 1.29 is 4.79 Å².